The van der Waals surface area contributed by atoms with Gasteiger partial charge < -0.3 is 5.73 Å². The van der Waals surface area contributed by atoms with E-state index in [1.54, 1.807) is 6.92 Å². The number of benzene rings is 2. The Bertz CT molecular complexity index is 812. The zero-order valence-electron chi connectivity index (χ0n) is 10.8. The maximum Gasteiger partial charge on any atom is 0.263 e. The number of nitrogen functional groups attached to an aromatic ring is 1. The number of hydrogen-bond acceptors (Lipinski definition) is 3. The number of nitrogens with two attached hydrogens (primary N) is 1. The molecule has 0 amide bonds. The van der Waals surface area contributed by atoms with E-state index in [0.29, 0.717) is 10.0 Å². The summed E-state index contributed by atoms with van der Waals surface area (Å²) in [5.74, 6) is -0.704. The lowest BCUT2D eigenvalue weighted by Crippen LogP contribution is -2.15. The number of rotatable bonds is 3. The fourth-order valence-corrected chi connectivity index (χ4v) is 3.67. The van der Waals surface area contributed by atoms with E-state index in [9.17, 15) is 12.8 Å². The van der Waals surface area contributed by atoms with Crippen molar-refractivity contribution in [3.8, 4) is 0 Å². The van der Waals surface area contributed by atoms with E-state index in [1.807, 2.05) is 0 Å². The second-order valence-corrected chi connectivity index (χ2v) is 7.34. The Balaban J connectivity index is 2.46. The third-order valence-electron chi connectivity index (χ3n) is 2.79. The van der Waals surface area contributed by atoms with Crippen molar-refractivity contribution in [2.75, 3.05) is 10.5 Å². The summed E-state index contributed by atoms with van der Waals surface area (Å²) in [5, 5.41) is 0.0201. The Hall–Kier alpha value is -1.31. The second kappa shape index (κ2) is 5.82. The van der Waals surface area contributed by atoms with Gasteiger partial charge in [-0.25, -0.2) is 12.8 Å². The third kappa shape index (κ3) is 3.48. The standard InChI is InChI=1S/C13H11BrClFN2O2S/c1-7-4-9(15)13(6-11(7)17)21(19,20)18-12-3-2-8(14)5-10(12)16/h2-6,18H,17H2,1H3. The van der Waals surface area contributed by atoms with Crippen molar-refractivity contribution in [1.29, 1.82) is 0 Å². The number of hydrogen-bond donors (Lipinski definition) is 2. The van der Waals surface area contributed by atoms with E-state index >= 15 is 0 Å². The molecule has 0 aliphatic carbocycles. The minimum Gasteiger partial charge on any atom is -0.398 e. The number of nitrogens with one attached hydrogen (secondary N) is 1. The highest BCUT2D eigenvalue weighted by atomic mass is 79.9. The van der Waals surface area contributed by atoms with Gasteiger partial charge in [-0.15, -0.1) is 0 Å². The lowest BCUT2D eigenvalue weighted by atomic mass is 10.2. The fourth-order valence-electron chi connectivity index (χ4n) is 1.65. The zero-order chi connectivity index (χ0) is 15.8. The molecule has 2 aromatic rings. The lowest BCUT2D eigenvalue weighted by Gasteiger charge is -2.12. The zero-order valence-corrected chi connectivity index (χ0v) is 14.0. The molecule has 0 aliphatic heterocycles. The first kappa shape index (κ1) is 16.1. The maximum atomic E-state index is 13.7. The van der Waals surface area contributed by atoms with Crippen LogP contribution in [-0.2, 0) is 10.0 Å². The highest BCUT2D eigenvalue weighted by Crippen LogP contribution is 2.29. The van der Waals surface area contributed by atoms with Crippen LogP contribution in [0, 0.1) is 12.7 Å². The van der Waals surface area contributed by atoms with Crippen LogP contribution in [0.1, 0.15) is 5.56 Å². The molecule has 2 rings (SSSR count). The smallest absolute Gasteiger partial charge is 0.263 e. The van der Waals surface area contributed by atoms with Crippen LogP contribution >= 0.6 is 27.5 Å². The molecule has 2 aromatic carbocycles. The fraction of sp³-hybridized carbons (Fsp3) is 0.0769. The Morgan fingerprint density at radius 3 is 2.57 bits per heavy atom. The van der Waals surface area contributed by atoms with E-state index < -0.39 is 15.8 Å². The van der Waals surface area contributed by atoms with Crippen molar-refractivity contribution in [3.63, 3.8) is 0 Å². The molecule has 0 saturated carbocycles. The van der Waals surface area contributed by atoms with Gasteiger partial charge in [-0.3, -0.25) is 4.72 Å². The topological polar surface area (TPSA) is 72.2 Å². The quantitative estimate of drug-likeness (QED) is 0.776. The predicted octanol–water partition coefficient (Wildman–Crippen LogP) is 3.93. The molecule has 21 heavy (non-hydrogen) atoms. The van der Waals surface area contributed by atoms with Gasteiger partial charge in [0.05, 0.1) is 10.7 Å². The summed E-state index contributed by atoms with van der Waals surface area (Å²) in [4.78, 5) is -0.199. The van der Waals surface area contributed by atoms with Crippen LogP contribution in [-0.4, -0.2) is 8.42 Å². The van der Waals surface area contributed by atoms with Crippen LogP contribution < -0.4 is 10.5 Å². The van der Waals surface area contributed by atoms with Crippen molar-refractivity contribution in [2.24, 2.45) is 0 Å². The van der Waals surface area contributed by atoms with Gasteiger partial charge in [0.15, 0.2) is 0 Å². The number of aryl methyl sites for hydroxylation is 1. The molecule has 8 heteroatoms. The molecule has 0 radical (unpaired) electrons. The van der Waals surface area contributed by atoms with Gasteiger partial charge in [0.25, 0.3) is 10.0 Å². The predicted molar refractivity (Wildman–Crippen MR) is 85.5 cm³/mol. The highest BCUT2D eigenvalue weighted by molar-refractivity contribution is 9.10. The van der Waals surface area contributed by atoms with Crippen molar-refractivity contribution < 1.29 is 12.8 Å². The molecule has 0 fully saturated rings. The summed E-state index contributed by atoms with van der Waals surface area (Å²) in [6.07, 6.45) is 0. The van der Waals surface area contributed by atoms with Crippen LogP contribution in [0.5, 0.6) is 0 Å². The van der Waals surface area contributed by atoms with E-state index in [4.69, 9.17) is 17.3 Å². The Morgan fingerprint density at radius 1 is 1.29 bits per heavy atom. The summed E-state index contributed by atoms with van der Waals surface area (Å²) in [7, 11) is -4.04. The Kier molecular flexibility index (Phi) is 4.46. The van der Waals surface area contributed by atoms with Crippen LogP contribution in [0.2, 0.25) is 5.02 Å². The summed E-state index contributed by atoms with van der Waals surface area (Å²) >= 11 is 9.04. The summed E-state index contributed by atoms with van der Waals surface area (Å²) in [6.45, 7) is 1.71. The maximum absolute atomic E-state index is 13.7. The lowest BCUT2D eigenvalue weighted by molar-refractivity contribution is 0.598. The summed E-state index contributed by atoms with van der Waals surface area (Å²) in [5.41, 5.74) is 6.47. The van der Waals surface area contributed by atoms with Crippen LogP contribution in [0.4, 0.5) is 15.8 Å². The Morgan fingerprint density at radius 2 is 1.95 bits per heavy atom. The van der Waals surface area contributed by atoms with Gasteiger partial charge in [0.2, 0.25) is 0 Å². The van der Waals surface area contributed by atoms with Gasteiger partial charge in [-0.05, 0) is 42.8 Å². The van der Waals surface area contributed by atoms with Crippen LogP contribution in [0.3, 0.4) is 0 Å². The van der Waals surface area contributed by atoms with Gasteiger partial charge in [0, 0.05) is 10.2 Å². The molecule has 0 heterocycles. The van der Waals surface area contributed by atoms with Crippen molar-refractivity contribution in [2.45, 2.75) is 11.8 Å². The molecule has 0 saturated heterocycles. The Labute approximate surface area is 135 Å². The second-order valence-electron chi connectivity index (χ2n) is 4.37. The first-order valence-corrected chi connectivity index (χ1v) is 8.39. The molecular formula is C13H11BrClFN2O2S. The average Bonchev–Trinajstić information content (AvgIpc) is 2.37. The normalized spacial score (nSPS) is 11.4. The monoisotopic (exact) mass is 392 g/mol. The minimum absolute atomic E-state index is 0.0201. The van der Waals surface area contributed by atoms with E-state index in [-0.39, 0.29) is 21.3 Å². The molecule has 0 unspecified atom stereocenters. The molecule has 0 aliphatic rings. The van der Waals surface area contributed by atoms with E-state index in [2.05, 4.69) is 20.7 Å². The van der Waals surface area contributed by atoms with Gasteiger partial charge >= 0.3 is 0 Å². The number of sulfonamides is 1. The number of halogens is 3. The summed E-state index contributed by atoms with van der Waals surface area (Å²) < 4.78 is 41.0. The average molecular weight is 394 g/mol. The van der Waals surface area contributed by atoms with Crippen LogP contribution in [0.15, 0.2) is 39.7 Å². The molecule has 112 valence electrons. The third-order valence-corrected chi connectivity index (χ3v) is 5.11. The molecule has 0 bridgehead atoms. The molecule has 0 spiro atoms. The van der Waals surface area contributed by atoms with Crippen LogP contribution in [0.25, 0.3) is 0 Å². The minimum atomic E-state index is -4.04. The first-order valence-electron chi connectivity index (χ1n) is 5.74. The van der Waals surface area contributed by atoms with E-state index in [1.165, 1.54) is 24.3 Å². The molecule has 4 nitrogen and oxygen atoms in total. The highest BCUT2D eigenvalue weighted by Gasteiger charge is 2.20. The molecular weight excluding hydrogens is 383 g/mol. The number of anilines is 2. The summed E-state index contributed by atoms with van der Waals surface area (Å²) in [6, 6.07) is 6.68. The first-order chi connectivity index (χ1) is 9.70. The molecule has 3 N–H and O–H groups in total. The van der Waals surface area contributed by atoms with Crippen molar-refractivity contribution in [3.05, 3.63) is 51.2 Å². The van der Waals surface area contributed by atoms with Crippen molar-refractivity contribution >= 4 is 48.9 Å². The van der Waals surface area contributed by atoms with Gasteiger partial charge in [-0.1, -0.05) is 27.5 Å². The largest absolute Gasteiger partial charge is 0.398 e. The molecule has 0 atom stereocenters. The van der Waals surface area contributed by atoms with Gasteiger partial charge in [-0.2, -0.15) is 0 Å². The van der Waals surface area contributed by atoms with Crippen molar-refractivity contribution in [1.82, 2.24) is 0 Å². The van der Waals surface area contributed by atoms with Gasteiger partial charge in [0.1, 0.15) is 10.7 Å². The van der Waals surface area contributed by atoms with E-state index in [0.717, 1.165) is 6.07 Å². The molecule has 0 aromatic heterocycles. The SMILES string of the molecule is Cc1cc(Cl)c(S(=O)(=O)Nc2ccc(Br)cc2F)cc1N.